The third-order valence-electron chi connectivity index (χ3n) is 2.90. The Kier molecular flexibility index (Phi) is 4.12. The van der Waals surface area contributed by atoms with Gasteiger partial charge in [0.15, 0.2) is 0 Å². The molecule has 1 atom stereocenters. The normalized spacial score (nSPS) is 11.9. The van der Waals surface area contributed by atoms with E-state index in [0.717, 1.165) is 17.9 Å². The zero-order chi connectivity index (χ0) is 13.7. The minimum absolute atomic E-state index is 0.132. The number of hydrogen-bond donors (Lipinski definition) is 3. The molecule has 2 aromatic rings. The molecule has 0 aromatic carbocycles. The van der Waals surface area contributed by atoms with Crippen LogP contribution in [-0.4, -0.2) is 27.9 Å². The van der Waals surface area contributed by atoms with Crippen molar-refractivity contribution < 1.29 is 4.79 Å². The van der Waals surface area contributed by atoms with E-state index in [2.05, 4.69) is 25.6 Å². The van der Waals surface area contributed by atoms with E-state index in [1.807, 2.05) is 6.92 Å². The lowest BCUT2D eigenvalue weighted by Crippen LogP contribution is -2.29. The van der Waals surface area contributed by atoms with Gasteiger partial charge >= 0.3 is 0 Å². The van der Waals surface area contributed by atoms with Gasteiger partial charge in [0.25, 0.3) is 5.91 Å². The third kappa shape index (κ3) is 2.90. The monoisotopic (exact) mass is 259 g/mol. The van der Waals surface area contributed by atoms with Crippen molar-refractivity contribution in [3.05, 3.63) is 42.2 Å². The summed E-state index contributed by atoms with van der Waals surface area (Å²) in [6.45, 7) is 2.00. The molecule has 2 rings (SSSR count). The summed E-state index contributed by atoms with van der Waals surface area (Å²) in [5.41, 5.74) is 1.27. The number of amides is 1. The van der Waals surface area contributed by atoms with Gasteiger partial charge in [0.05, 0.1) is 11.6 Å². The molecule has 0 aliphatic rings. The van der Waals surface area contributed by atoms with Gasteiger partial charge in [0, 0.05) is 37.5 Å². The van der Waals surface area contributed by atoms with E-state index in [9.17, 15) is 4.79 Å². The van der Waals surface area contributed by atoms with Gasteiger partial charge in [0.1, 0.15) is 5.82 Å². The van der Waals surface area contributed by atoms with E-state index >= 15 is 0 Å². The molecule has 100 valence electrons. The maximum absolute atomic E-state index is 12.3. The van der Waals surface area contributed by atoms with Crippen LogP contribution >= 0.6 is 0 Å². The summed E-state index contributed by atoms with van der Waals surface area (Å²) in [6, 6.07) is 1.63. The minimum Gasteiger partial charge on any atom is -0.387 e. The van der Waals surface area contributed by atoms with Crippen molar-refractivity contribution in [1.82, 2.24) is 20.3 Å². The molecule has 0 fully saturated rings. The van der Waals surface area contributed by atoms with Crippen molar-refractivity contribution >= 4 is 11.6 Å². The van der Waals surface area contributed by atoms with E-state index in [1.165, 1.54) is 0 Å². The lowest BCUT2D eigenvalue weighted by molar-refractivity contribution is 0.0934. The second kappa shape index (κ2) is 5.99. The predicted molar refractivity (Wildman–Crippen MR) is 72.9 cm³/mol. The number of nitrogens with one attached hydrogen (secondary N) is 3. The molecule has 1 amide bonds. The molecule has 6 nitrogen and oxygen atoms in total. The molecule has 0 aliphatic heterocycles. The summed E-state index contributed by atoms with van der Waals surface area (Å²) < 4.78 is 0. The maximum Gasteiger partial charge on any atom is 0.255 e. The Balaban J connectivity index is 2.16. The second-order valence-corrected chi connectivity index (χ2v) is 4.08. The predicted octanol–water partition coefficient (Wildman–Crippen LogP) is 1.73. The summed E-state index contributed by atoms with van der Waals surface area (Å²) in [6.07, 6.45) is 7.37. The zero-order valence-corrected chi connectivity index (χ0v) is 11.0. The Labute approximate surface area is 111 Å². The van der Waals surface area contributed by atoms with Gasteiger partial charge in [-0.3, -0.25) is 9.78 Å². The molecule has 0 saturated carbocycles. The van der Waals surface area contributed by atoms with Crippen LogP contribution in [0.1, 0.15) is 35.6 Å². The van der Waals surface area contributed by atoms with Crippen molar-refractivity contribution in [2.45, 2.75) is 19.4 Å². The molecule has 1 unspecified atom stereocenters. The Hall–Kier alpha value is -2.37. The highest BCUT2D eigenvalue weighted by Gasteiger charge is 2.17. The molecule has 0 aliphatic carbocycles. The first kappa shape index (κ1) is 13.1. The second-order valence-electron chi connectivity index (χ2n) is 4.08. The highest BCUT2D eigenvalue weighted by molar-refractivity contribution is 5.99. The van der Waals surface area contributed by atoms with Crippen LogP contribution in [0.4, 0.5) is 5.69 Å². The largest absolute Gasteiger partial charge is 0.387 e. The third-order valence-corrected chi connectivity index (χ3v) is 2.90. The van der Waals surface area contributed by atoms with Crippen LogP contribution in [0.15, 0.2) is 30.9 Å². The lowest BCUT2D eigenvalue weighted by atomic mass is 10.1. The molecule has 0 radical (unpaired) electrons. The van der Waals surface area contributed by atoms with E-state index < -0.39 is 0 Å². The summed E-state index contributed by atoms with van der Waals surface area (Å²) >= 11 is 0. The molecule has 2 heterocycles. The van der Waals surface area contributed by atoms with Crippen molar-refractivity contribution in [1.29, 1.82) is 0 Å². The fourth-order valence-corrected chi connectivity index (χ4v) is 1.86. The van der Waals surface area contributed by atoms with Crippen LogP contribution in [-0.2, 0) is 0 Å². The first-order chi connectivity index (χ1) is 9.26. The molecule has 0 spiro atoms. The molecule has 3 N–H and O–H groups in total. The van der Waals surface area contributed by atoms with Gasteiger partial charge in [-0.2, -0.15) is 0 Å². The number of carbonyl (C=O) groups is 1. The van der Waals surface area contributed by atoms with E-state index in [4.69, 9.17) is 0 Å². The summed E-state index contributed by atoms with van der Waals surface area (Å²) in [5, 5.41) is 5.93. The minimum atomic E-state index is -0.166. The summed E-state index contributed by atoms with van der Waals surface area (Å²) in [5.74, 6) is 0.589. The zero-order valence-electron chi connectivity index (χ0n) is 11.0. The van der Waals surface area contributed by atoms with Crippen LogP contribution in [0.3, 0.4) is 0 Å². The van der Waals surface area contributed by atoms with Crippen LogP contribution < -0.4 is 10.6 Å². The van der Waals surface area contributed by atoms with Crippen LogP contribution in [0.5, 0.6) is 0 Å². The molecule has 19 heavy (non-hydrogen) atoms. The topological polar surface area (TPSA) is 82.7 Å². The number of carbonyl (C=O) groups excluding carboxylic acids is 1. The molecule has 0 bridgehead atoms. The van der Waals surface area contributed by atoms with Crippen molar-refractivity contribution in [3.8, 4) is 0 Å². The SMILES string of the molecule is CCC(NC(=O)c1cnccc1NC)c1ncc[nH]1. The van der Waals surface area contributed by atoms with Crippen LogP contribution in [0.2, 0.25) is 0 Å². The van der Waals surface area contributed by atoms with Gasteiger partial charge in [-0.05, 0) is 12.5 Å². The fourth-order valence-electron chi connectivity index (χ4n) is 1.86. The number of H-pyrrole nitrogens is 1. The standard InChI is InChI=1S/C13H17N5O/c1-3-10(12-16-6-7-17-12)18-13(19)9-8-15-5-4-11(9)14-2/h4-8,10H,3H2,1-2H3,(H,14,15)(H,16,17)(H,18,19). The summed E-state index contributed by atoms with van der Waals surface area (Å²) in [7, 11) is 1.77. The smallest absolute Gasteiger partial charge is 0.255 e. The molecular formula is C13H17N5O. The van der Waals surface area contributed by atoms with Crippen LogP contribution in [0.25, 0.3) is 0 Å². The van der Waals surface area contributed by atoms with Gasteiger partial charge < -0.3 is 15.6 Å². The van der Waals surface area contributed by atoms with E-state index in [1.54, 1.807) is 37.9 Å². The lowest BCUT2D eigenvalue weighted by Gasteiger charge is -2.16. The van der Waals surface area contributed by atoms with Gasteiger partial charge in [0.2, 0.25) is 0 Å². The number of rotatable bonds is 5. The number of aromatic nitrogens is 3. The van der Waals surface area contributed by atoms with Gasteiger partial charge in [-0.1, -0.05) is 6.92 Å². The highest BCUT2D eigenvalue weighted by atomic mass is 16.1. The fraction of sp³-hybridized carbons (Fsp3) is 0.308. The van der Waals surface area contributed by atoms with E-state index in [-0.39, 0.29) is 11.9 Å². The first-order valence-corrected chi connectivity index (χ1v) is 6.18. The Morgan fingerprint density at radius 3 is 2.95 bits per heavy atom. The summed E-state index contributed by atoms with van der Waals surface area (Å²) in [4.78, 5) is 23.4. The van der Waals surface area contributed by atoms with Gasteiger partial charge in [-0.25, -0.2) is 4.98 Å². The van der Waals surface area contributed by atoms with E-state index in [0.29, 0.717) is 5.56 Å². The van der Waals surface area contributed by atoms with Crippen molar-refractivity contribution in [2.24, 2.45) is 0 Å². The number of aromatic amines is 1. The Morgan fingerprint density at radius 2 is 2.32 bits per heavy atom. The average Bonchev–Trinajstić information content (AvgIpc) is 2.98. The number of anilines is 1. The molecular weight excluding hydrogens is 242 g/mol. The molecule has 2 aromatic heterocycles. The average molecular weight is 259 g/mol. The number of hydrogen-bond acceptors (Lipinski definition) is 4. The molecule has 0 saturated heterocycles. The van der Waals surface area contributed by atoms with Crippen LogP contribution in [0, 0.1) is 0 Å². The number of imidazole rings is 1. The quantitative estimate of drug-likeness (QED) is 0.763. The first-order valence-electron chi connectivity index (χ1n) is 6.18. The maximum atomic E-state index is 12.3. The Bertz CT molecular complexity index is 538. The Morgan fingerprint density at radius 1 is 1.47 bits per heavy atom. The van der Waals surface area contributed by atoms with Crippen molar-refractivity contribution in [2.75, 3.05) is 12.4 Å². The van der Waals surface area contributed by atoms with Gasteiger partial charge in [-0.15, -0.1) is 0 Å². The molecule has 6 heteroatoms. The number of pyridine rings is 1. The van der Waals surface area contributed by atoms with Crippen molar-refractivity contribution in [3.63, 3.8) is 0 Å². The highest BCUT2D eigenvalue weighted by Crippen LogP contribution is 2.16. The number of nitrogens with zero attached hydrogens (tertiary/aromatic N) is 2.